The quantitative estimate of drug-likeness (QED) is 0.403. The standard InChI is InChI=1S/C28H30FN5O2/c1-17(2)33-10-12-34(13-11-33)20-7-4-18(5-8-20)22-15-23(27(30)32-26(22)29)19-6-9-21-24(14-19)25(36-3)16-31-28(21)35/h4-9,14-17H,10-13H2,1-3H3,(H2,30,32)(H,31,35). The van der Waals surface area contributed by atoms with Crippen LogP contribution in [0.1, 0.15) is 13.8 Å². The van der Waals surface area contributed by atoms with E-state index >= 15 is 0 Å². The molecule has 0 unspecified atom stereocenters. The van der Waals surface area contributed by atoms with Crippen LogP contribution in [-0.2, 0) is 0 Å². The third-order valence-electron chi connectivity index (χ3n) is 6.99. The highest BCUT2D eigenvalue weighted by Gasteiger charge is 2.20. The van der Waals surface area contributed by atoms with E-state index in [0.29, 0.717) is 33.7 Å². The van der Waals surface area contributed by atoms with Crippen LogP contribution in [0.15, 0.2) is 59.5 Å². The number of ether oxygens (including phenoxy) is 1. The largest absolute Gasteiger partial charge is 0.495 e. The Morgan fingerprint density at radius 1 is 0.972 bits per heavy atom. The van der Waals surface area contributed by atoms with Crippen LogP contribution in [0.3, 0.4) is 0 Å². The van der Waals surface area contributed by atoms with E-state index in [1.54, 1.807) is 25.3 Å². The first-order valence-corrected chi connectivity index (χ1v) is 12.1. The first-order chi connectivity index (χ1) is 17.4. The molecule has 2 aromatic carbocycles. The maximum atomic E-state index is 15.0. The summed E-state index contributed by atoms with van der Waals surface area (Å²) in [4.78, 5) is 23.7. The van der Waals surface area contributed by atoms with E-state index in [9.17, 15) is 9.18 Å². The fourth-order valence-electron chi connectivity index (χ4n) is 4.86. The molecule has 36 heavy (non-hydrogen) atoms. The molecule has 0 aliphatic carbocycles. The van der Waals surface area contributed by atoms with Crippen molar-refractivity contribution in [1.82, 2.24) is 14.9 Å². The van der Waals surface area contributed by atoms with Gasteiger partial charge in [-0.2, -0.15) is 4.39 Å². The Balaban J connectivity index is 1.47. The Hall–Kier alpha value is -3.91. The predicted octanol–water partition coefficient (Wildman–Crippen LogP) is 4.52. The summed E-state index contributed by atoms with van der Waals surface area (Å²) < 4.78 is 20.4. The van der Waals surface area contributed by atoms with E-state index in [-0.39, 0.29) is 11.4 Å². The molecule has 0 spiro atoms. The van der Waals surface area contributed by atoms with Crippen LogP contribution in [0.4, 0.5) is 15.9 Å². The number of rotatable bonds is 5. The van der Waals surface area contributed by atoms with Gasteiger partial charge in [-0.05, 0) is 55.3 Å². The molecule has 1 fully saturated rings. The number of methoxy groups -OCH3 is 1. The molecule has 1 aliphatic rings. The number of aromatic amines is 1. The zero-order chi connectivity index (χ0) is 25.4. The van der Waals surface area contributed by atoms with E-state index < -0.39 is 5.95 Å². The number of fused-ring (bicyclic) bond motifs is 1. The zero-order valence-electron chi connectivity index (χ0n) is 20.7. The first kappa shape index (κ1) is 23.8. The van der Waals surface area contributed by atoms with Gasteiger partial charge in [0.05, 0.1) is 12.5 Å². The summed E-state index contributed by atoms with van der Waals surface area (Å²) >= 11 is 0. The highest BCUT2D eigenvalue weighted by atomic mass is 19.1. The average Bonchev–Trinajstić information content (AvgIpc) is 2.89. The van der Waals surface area contributed by atoms with Crippen LogP contribution in [0, 0.1) is 5.95 Å². The molecular formula is C28H30FN5O2. The monoisotopic (exact) mass is 487 g/mol. The van der Waals surface area contributed by atoms with Gasteiger partial charge in [0.2, 0.25) is 5.95 Å². The summed E-state index contributed by atoms with van der Waals surface area (Å²) in [6.07, 6.45) is 1.52. The average molecular weight is 488 g/mol. The Morgan fingerprint density at radius 3 is 2.33 bits per heavy atom. The number of pyridine rings is 2. The summed E-state index contributed by atoms with van der Waals surface area (Å²) in [5.74, 6) is -0.00598. The molecule has 3 heterocycles. The number of anilines is 2. The number of nitrogens with zero attached hydrogens (tertiary/aromatic N) is 3. The second-order valence-electron chi connectivity index (χ2n) is 9.37. The molecule has 0 bridgehead atoms. The van der Waals surface area contributed by atoms with Crippen molar-refractivity contribution in [3.63, 3.8) is 0 Å². The molecule has 0 amide bonds. The van der Waals surface area contributed by atoms with Gasteiger partial charge in [-0.15, -0.1) is 0 Å². The molecule has 3 N–H and O–H groups in total. The maximum Gasteiger partial charge on any atom is 0.256 e. The van der Waals surface area contributed by atoms with Gasteiger partial charge in [0.25, 0.3) is 5.56 Å². The number of H-pyrrole nitrogens is 1. The van der Waals surface area contributed by atoms with Crippen molar-refractivity contribution < 1.29 is 9.13 Å². The van der Waals surface area contributed by atoms with Gasteiger partial charge in [0.1, 0.15) is 11.6 Å². The van der Waals surface area contributed by atoms with Crippen molar-refractivity contribution >= 4 is 22.3 Å². The van der Waals surface area contributed by atoms with Crippen LogP contribution in [0.25, 0.3) is 33.0 Å². The molecule has 5 rings (SSSR count). The lowest BCUT2D eigenvalue weighted by molar-refractivity contribution is 0.209. The zero-order valence-corrected chi connectivity index (χ0v) is 20.7. The summed E-state index contributed by atoms with van der Waals surface area (Å²) in [5.41, 5.74) is 9.45. The Bertz CT molecular complexity index is 1460. The second kappa shape index (κ2) is 9.62. The number of hydrogen-bond donors (Lipinski definition) is 2. The van der Waals surface area contributed by atoms with Gasteiger partial charge in [-0.25, -0.2) is 4.98 Å². The molecule has 1 aliphatic heterocycles. The van der Waals surface area contributed by atoms with Crippen molar-refractivity contribution in [3.05, 3.63) is 71.0 Å². The fraction of sp³-hybridized carbons (Fsp3) is 0.286. The number of nitrogens with one attached hydrogen (secondary N) is 1. The second-order valence-corrected chi connectivity index (χ2v) is 9.37. The van der Waals surface area contributed by atoms with Gasteiger partial charge >= 0.3 is 0 Å². The molecule has 8 heteroatoms. The van der Waals surface area contributed by atoms with E-state index in [1.807, 2.05) is 30.3 Å². The Kier molecular flexibility index (Phi) is 6.36. The lowest BCUT2D eigenvalue weighted by Gasteiger charge is -2.38. The number of nitrogen functional groups attached to an aromatic ring is 1. The lowest BCUT2D eigenvalue weighted by Crippen LogP contribution is -2.48. The van der Waals surface area contributed by atoms with Crippen molar-refractivity contribution in [2.75, 3.05) is 43.9 Å². The molecule has 186 valence electrons. The van der Waals surface area contributed by atoms with Gasteiger partial charge in [0, 0.05) is 60.6 Å². The SMILES string of the molecule is COc1c[nH]c(=O)c2ccc(-c3cc(-c4ccc(N5CCN(C(C)C)CC5)cc4)c(F)nc3N)cc12. The van der Waals surface area contributed by atoms with Gasteiger partial charge in [-0.1, -0.05) is 18.2 Å². The highest BCUT2D eigenvalue weighted by molar-refractivity contribution is 5.93. The smallest absolute Gasteiger partial charge is 0.256 e. The van der Waals surface area contributed by atoms with Gasteiger partial charge in [-0.3, -0.25) is 9.69 Å². The van der Waals surface area contributed by atoms with Crippen molar-refractivity contribution in [2.45, 2.75) is 19.9 Å². The molecule has 7 nitrogen and oxygen atoms in total. The number of halogens is 1. The number of nitrogens with two attached hydrogens (primary N) is 1. The molecule has 0 radical (unpaired) electrons. The van der Waals surface area contributed by atoms with E-state index in [4.69, 9.17) is 10.5 Å². The minimum absolute atomic E-state index is 0.0825. The Morgan fingerprint density at radius 2 is 1.67 bits per heavy atom. The molecular weight excluding hydrogens is 457 g/mol. The van der Waals surface area contributed by atoms with Crippen LogP contribution >= 0.6 is 0 Å². The fourth-order valence-corrected chi connectivity index (χ4v) is 4.86. The van der Waals surface area contributed by atoms with Crippen molar-refractivity contribution in [3.8, 4) is 28.0 Å². The first-order valence-electron chi connectivity index (χ1n) is 12.1. The number of aromatic nitrogens is 2. The van der Waals surface area contributed by atoms with Crippen LogP contribution in [0.5, 0.6) is 5.75 Å². The topological polar surface area (TPSA) is 87.5 Å². The van der Waals surface area contributed by atoms with E-state index in [2.05, 4.69) is 33.6 Å². The molecule has 0 saturated carbocycles. The summed E-state index contributed by atoms with van der Waals surface area (Å²) in [5, 5.41) is 1.14. The van der Waals surface area contributed by atoms with Crippen LogP contribution in [-0.4, -0.2) is 54.2 Å². The highest BCUT2D eigenvalue weighted by Crippen LogP contribution is 2.35. The minimum Gasteiger partial charge on any atom is -0.495 e. The third-order valence-corrected chi connectivity index (χ3v) is 6.99. The normalized spacial score (nSPS) is 14.5. The summed E-state index contributed by atoms with van der Waals surface area (Å²) in [6, 6.07) is 15.5. The maximum absolute atomic E-state index is 15.0. The minimum atomic E-state index is -0.621. The number of piperazine rings is 1. The lowest BCUT2D eigenvalue weighted by atomic mass is 9.98. The molecule has 2 aromatic heterocycles. The van der Waals surface area contributed by atoms with E-state index in [0.717, 1.165) is 43.0 Å². The molecule has 4 aromatic rings. The van der Waals surface area contributed by atoms with Crippen LogP contribution in [0.2, 0.25) is 0 Å². The van der Waals surface area contributed by atoms with Crippen molar-refractivity contribution in [1.29, 1.82) is 0 Å². The predicted molar refractivity (Wildman–Crippen MR) is 143 cm³/mol. The van der Waals surface area contributed by atoms with Gasteiger partial charge in [0.15, 0.2) is 0 Å². The summed E-state index contributed by atoms with van der Waals surface area (Å²) in [7, 11) is 1.54. The molecule has 1 saturated heterocycles. The number of hydrogen-bond acceptors (Lipinski definition) is 6. The third kappa shape index (κ3) is 4.40. The van der Waals surface area contributed by atoms with Crippen LogP contribution < -0.4 is 20.9 Å². The van der Waals surface area contributed by atoms with Gasteiger partial charge < -0.3 is 20.4 Å². The van der Waals surface area contributed by atoms with Crippen molar-refractivity contribution in [2.24, 2.45) is 0 Å². The summed E-state index contributed by atoms with van der Waals surface area (Å²) in [6.45, 7) is 8.44. The number of benzene rings is 2. The molecule has 0 atom stereocenters. The Labute approximate surface area is 209 Å². The van der Waals surface area contributed by atoms with E-state index in [1.165, 1.54) is 6.20 Å².